The summed E-state index contributed by atoms with van der Waals surface area (Å²) in [5.41, 5.74) is 3.65. The zero-order valence-electron chi connectivity index (χ0n) is 8.83. The van der Waals surface area contributed by atoms with Crippen LogP contribution in [0.5, 0.6) is 0 Å². The molecule has 1 atom stereocenters. The lowest BCUT2D eigenvalue weighted by Crippen LogP contribution is -2.01. The molecule has 0 spiro atoms. The molecule has 2 aliphatic rings. The first kappa shape index (κ1) is 9.75. The molecule has 0 aromatic heterocycles. The molecule has 3 nitrogen and oxygen atoms in total. The molecule has 84 valence electrons. The van der Waals surface area contributed by atoms with Crippen molar-refractivity contribution in [3.05, 3.63) is 38.4 Å². The number of halogens is 1. The van der Waals surface area contributed by atoms with Crippen molar-refractivity contribution >= 4 is 5.69 Å². The fraction of sp³-hybridized carbons (Fsp3) is 0.500. The van der Waals surface area contributed by atoms with Crippen LogP contribution in [0, 0.1) is 10.1 Å². The minimum absolute atomic E-state index is 0.213. The maximum Gasteiger partial charge on any atom is 0.276 e. The Morgan fingerprint density at radius 2 is 2.06 bits per heavy atom. The van der Waals surface area contributed by atoms with Crippen molar-refractivity contribution in [1.82, 2.24) is 0 Å². The minimum atomic E-state index is -0.934. The highest BCUT2D eigenvalue weighted by atomic mass is 19.1. The first-order chi connectivity index (χ1) is 7.66. The number of aryl methyl sites for hydroxylation is 1. The van der Waals surface area contributed by atoms with Gasteiger partial charge in [-0.05, 0) is 30.4 Å². The second kappa shape index (κ2) is 3.27. The van der Waals surface area contributed by atoms with Crippen molar-refractivity contribution in [3.8, 4) is 0 Å². The Hall–Kier alpha value is -1.45. The minimum Gasteiger partial charge on any atom is -0.258 e. The van der Waals surface area contributed by atoms with Gasteiger partial charge in [-0.15, -0.1) is 0 Å². The molecule has 3 rings (SSSR count). The van der Waals surface area contributed by atoms with Crippen molar-refractivity contribution in [2.75, 3.05) is 0 Å². The fourth-order valence-corrected chi connectivity index (χ4v) is 2.99. The third kappa shape index (κ3) is 1.25. The summed E-state index contributed by atoms with van der Waals surface area (Å²) in [4.78, 5) is 10.8. The summed E-state index contributed by atoms with van der Waals surface area (Å²) in [6.45, 7) is 0. The number of alkyl halides is 1. The molecule has 0 saturated heterocycles. The van der Waals surface area contributed by atoms with Gasteiger partial charge >= 0.3 is 0 Å². The maximum absolute atomic E-state index is 13.3. The van der Waals surface area contributed by atoms with Crippen LogP contribution in [0.1, 0.15) is 28.7 Å². The first-order valence-electron chi connectivity index (χ1n) is 5.62. The van der Waals surface area contributed by atoms with E-state index in [2.05, 4.69) is 0 Å². The lowest BCUT2D eigenvalue weighted by molar-refractivity contribution is -0.386. The smallest absolute Gasteiger partial charge is 0.258 e. The largest absolute Gasteiger partial charge is 0.276 e. The van der Waals surface area contributed by atoms with Crippen LogP contribution in [-0.4, -0.2) is 11.1 Å². The van der Waals surface area contributed by atoms with Gasteiger partial charge in [0, 0.05) is 24.0 Å². The fourth-order valence-electron chi connectivity index (χ4n) is 2.99. The summed E-state index contributed by atoms with van der Waals surface area (Å²) in [5.74, 6) is 0. The second-order valence-corrected chi connectivity index (χ2v) is 4.62. The van der Waals surface area contributed by atoms with E-state index >= 15 is 0 Å². The third-order valence-corrected chi connectivity index (χ3v) is 3.62. The van der Waals surface area contributed by atoms with Crippen LogP contribution in [0.3, 0.4) is 0 Å². The van der Waals surface area contributed by atoms with Crippen LogP contribution >= 0.6 is 0 Å². The van der Waals surface area contributed by atoms with Crippen LogP contribution in [0.25, 0.3) is 0 Å². The molecule has 2 aliphatic carbocycles. The number of nitro benzene ring substituents is 1. The molecule has 0 radical (unpaired) electrons. The molecule has 0 N–H and O–H groups in total. The molecule has 0 aliphatic heterocycles. The summed E-state index contributed by atoms with van der Waals surface area (Å²) in [6.07, 6.45) is 2.30. The number of rotatable bonds is 1. The second-order valence-electron chi connectivity index (χ2n) is 4.62. The zero-order valence-corrected chi connectivity index (χ0v) is 8.83. The molecular formula is C12H12FNO2. The molecule has 0 unspecified atom stereocenters. The van der Waals surface area contributed by atoms with Crippen LogP contribution in [0.15, 0.2) is 6.07 Å². The number of hydrogen-bond acceptors (Lipinski definition) is 2. The van der Waals surface area contributed by atoms with Crippen LogP contribution in [0.4, 0.5) is 10.1 Å². The zero-order chi connectivity index (χ0) is 11.3. The van der Waals surface area contributed by atoms with Gasteiger partial charge in [-0.25, -0.2) is 4.39 Å². The highest BCUT2D eigenvalue weighted by molar-refractivity contribution is 5.59. The normalized spacial score (nSPS) is 21.9. The quantitative estimate of drug-likeness (QED) is 0.540. The lowest BCUT2D eigenvalue weighted by Gasteiger charge is -2.06. The van der Waals surface area contributed by atoms with Crippen molar-refractivity contribution < 1.29 is 9.31 Å². The molecular weight excluding hydrogens is 209 g/mol. The Morgan fingerprint density at radius 3 is 2.81 bits per heavy atom. The van der Waals surface area contributed by atoms with E-state index in [0.717, 1.165) is 36.0 Å². The van der Waals surface area contributed by atoms with E-state index in [1.54, 1.807) is 0 Å². The Morgan fingerprint density at radius 1 is 1.25 bits per heavy atom. The van der Waals surface area contributed by atoms with E-state index in [-0.39, 0.29) is 17.0 Å². The highest BCUT2D eigenvalue weighted by Crippen LogP contribution is 2.40. The molecule has 0 saturated carbocycles. The van der Waals surface area contributed by atoms with E-state index in [1.165, 1.54) is 0 Å². The molecule has 4 heteroatoms. The molecule has 0 bridgehead atoms. The average molecular weight is 221 g/mol. The molecule has 1 aromatic rings. The Kier molecular flexibility index (Phi) is 1.99. The monoisotopic (exact) mass is 221 g/mol. The molecule has 16 heavy (non-hydrogen) atoms. The lowest BCUT2D eigenvalue weighted by atomic mass is 9.99. The van der Waals surface area contributed by atoms with Gasteiger partial charge in [0.2, 0.25) is 0 Å². The van der Waals surface area contributed by atoms with Crippen molar-refractivity contribution in [1.29, 1.82) is 0 Å². The van der Waals surface area contributed by atoms with Gasteiger partial charge in [-0.1, -0.05) is 6.07 Å². The number of nitrogens with zero attached hydrogens (tertiary/aromatic N) is 1. The molecule has 0 heterocycles. The van der Waals surface area contributed by atoms with Gasteiger partial charge in [-0.2, -0.15) is 0 Å². The third-order valence-electron chi connectivity index (χ3n) is 3.62. The van der Waals surface area contributed by atoms with E-state index in [0.29, 0.717) is 12.0 Å². The van der Waals surface area contributed by atoms with Gasteiger partial charge in [0.1, 0.15) is 6.17 Å². The van der Waals surface area contributed by atoms with Gasteiger partial charge < -0.3 is 0 Å². The number of benzene rings is 1. The Bertz CT molecular complexity index is 484. The van der Waals surface area contributed by atoms with E-state index in [4.69, 9.17) is 0 Å². The maximum atomic E-state index is 13.3. The summed E-state index contributed by atoms with van der Waals surface area (Å²) in [7, 11) is 0. The van der Waals surface area contributed by atoms with E-state index < -0.39 is 6.17 Å². The average Bonchev–Trinajstić information content (AvgIpc) is 2.77. The first-order valence-corrected chi connectivity index (χ1v) is 5.62. The Labute approximate surface area is 92.4 Å². The summed E-state index contributed by atoms with van der Waals surface area (Å²) in [6, 6.07) is 1.99. The van der Waals surface area contributed by atoms with Crippen LogP contribution in [0.2, 0.25) is 0 Å². The van der Waals surface area contributed by atoms with Crippen molar-refractivity contribution in [2.45, 2.75) is 38.3 Å². The van der Waals surface area contributed by atoms with Crippen LogP contribution in [-0.2, 0) is 25.7 Å². The number of hydrogen-bond donors (Lipinski definition) is 0. The molecule has 0 fully saturated rings. The molecule has 0 amide bonds. The van der Waals surface area contributed by atoms with E-state index in [1.807, 2.05) is 6.07 Å². The Balaban J connectivity index is 2.25. The standard InChI is InChI=1S/C12H12FNO2/c13-9-5-8-4-7-2-1-3-10(7)12(14(15)16)11(8)6-9/h4,9H,1-3,5-6H2/t9-/m1/s1. The number of fused-ring (bicyclic) bond motifs is 2. The topological polar surface area (TPSA) is 43.1 Å². The summed E-state index contributed by atoms with van der Waals surface area (Å²) in [5, 5.41) is 11.1. The van der Waals surface area contributed by atoms with Crippen molar-refractivity contribution in [3.63, 3.8) is 0 Å². The summed E-state index contributed by atoms with van der Waals surface area (Å²) >= 11 is 0. The van der Waals surface area contributed by atoms with Crippen LogP contribution < -0.4 is 0 Å². The predicted octanol–water partition coefficient (Wildman–Crippen LogP) is 2.52. The van der Waals surface area contributed by atoms with Gasteiger partial charge in [-0.3, -0.25) is 10.1 Å². The van der Waals surface area contributed by atoms with Gasteiger partial charge in [0.15, 0.2) is 0 Å². The SMILES string of the molecule is O=[N+]([O-])c1c2c(cc3c1C[C@H](F)C3)CCC2. The van der Waals surface area contributed by atoms with Gasteiger partial charge in [0.25, 0.3) is 5.69 Å². The summed E-state index contributed by atoms with van der Waals surface area (Å²) < 4.78 is 13.3. The highest BCUT2D eigenvalue weighted by Gasteiger charge is 2.34. The molecule has 1 aromatic carbocycles. The van der Waals surface area contributed by atoms with E-state index in [9.17, 15) is 14.5 Å². The van der Waals surface area contributed by atoms with Gasteiger partial charge in [0.05, 0.1) is 4.92 Å². The van der Waals surface area contributed by atoms with Crippen molar-refractivity contribution in [2.24, 2.45) is 0 Å². The number of nitro groups is 1. The predicted molar refractivity (Wildman–Crippen MR) is 57.4 cm³/mol.